The predicted molar refractivity (Wildman–Crippen MR) is 67.5 cm³/mol. The first-order valence-electron chi connectivity index (χ1n) is 5.89. The van der Waals surface area contributed by atoms with Gasteiger partial charge >= 0.3 is 0 Å². The molecule has 0 amide bonds. The van der Waals surface area contributed by atoms with Crippen molar-refractivity contribution in [2.45, 2.75) is 33.1 Å². The number of unbranched alkanes of at least 4 members (excludes halogenated alkanes) is 1. The van der Waals surface area contributed by atoms with Crippen LogP contribution >= 0.6 is 0 Å². The van der Waals surface area contributed by atoms with Crippen LogP contribution < -0.4 is 5.73 Å². The Morgan fingerprint density at radius 1 is 1.35 bits per heavy atom. The summed E-state index contributed by atoms with van der Waals surface area (Å²) in [5, 5.41) is 3.96. The van der Waals surface area contributed by atoms with Crippen molar-refractivity contribution in [2.75, 3.05) is 5.73 Å². The van der Waals surface area contributed by atoms with Crippen LogP contribution in [0, 0.1) is 6.92 Å². The summed E-state index contributed by atoms with van der Waals surface area (Å²) in [6, 6.07) is 5.77. The maximum Gasteiger partial charge on any atom is 0.257 e. The first-order chi connectivity index (χ1) is 8.20. The first-order valence-corrected chi connectivity index (χ1v) is 5.89. The van der Waals surface area contributed by atoms with Crippen molar-refractivity contribution in [2.24, 2.45) is 0 Å². The molecule has 0 aliphatic heterocycles. The third-order valence-corrected chi connectivity index (χ3v) is 2.75. The van der Waals surface area contributed by atoms with Crippen LogP contribution in [0.5, 0.6) is 0 Å². The highest BCUT2D eigenvalue weighted by molar-refractivity contribution is 5.62. The van der Waals surface area contributed by atoms with Crippen molar-refractivity contribution in [3.63, 3.8) is 0 Å². The molecule has 0 spiro atoms. The first kappa shape index (κ1) is 11.6. The Bertz CT molecular complexity index is 505. The number of rotatable bonds is 4. The quantitative estimate of drug-likeness (QED) is 0.821. The molecule has 0 saturated carbocycles. The fraction of sp³-hybridized carbons (Fsp3) is 0.385. The number of nitrogen functional groups attached to an aromatic ring is 1. The Morgan fingerprint density at radius 2 is 2.18 bits per heavy atom. The normalized spacial score (nSPS) is 10.7. The lowest BCUT2D eigenvalue weighted by Crippen LogP contribution is -1.90. The molecule has 0 bridgehead atoms. The number of aryl methyl sites for hydroxylation is 2. The van der Waals surface area contributed by atoms with Gasteiger partial charge in [0.1, 0.15) is 0 Å². The predicted octanol–water partition coefficient (Wildman–Crippen LogP) is 2.97. The number of nitrogens with two attached hydrogens (primary N) is 1. The van der Waals surface area contributed by atoms with Crippen molar-refractivity contribution in [1.82, 2.24) is 10.1 Å². The SMILES string of the molecule is CCCCc1noc(-c2ccc(C)c(N)c2)n1. The highest BCUT2D eigenvalue weighted by Crippen LogP contribution is 2.22. The highest BCUT2D eigenvalue weighted by Gasteiger charge is 2.09. The molecule has 0 saturated heterocycles. The van der Waals surface area contributed by atoms with Gasteiger partial charge in [-0.3, -0.25) is 0 Å². The number of benzene rings is 1. The van der Waals surface area contributed by atoms with E-state index >= 15 is 0 Å². The largest absolute Gasteiger partial charge is 0.398 e. The molecule has 2 aromatic rings. The second-order valence-corrected chi connectivity index (χ2v) is 4.19. The van der Waals surface area contributed by atoms with Crippen molar-refractivity contribution >= 4 is 5.69 Å². The molecule has 0 radical (unpaired) electrons. The van der Waals surface area contributed by atoms with E-state index in [2.05, 4.69) is 17.1 Å². The third kappa shape index (κ3) is 2.64. The minimum absolute atomic E-state index is 0.544. The molecule has 0 unspecified atom stereocenters. The number of anilines is 1. The molecule has 90 valence electrons. The Morgan fingerprint density at radius 3 is 2.88 bits per heavy atom. The summed E-state index contributed by atoms with van der Waals surface area (Å²) in [5.74, 6) is 1.31. The molecule has 4 heteroatoms. The van der Waals surface area contributed by atoms with Gasteiger partial charge < -0.3 is 10.3 Å². The number of nitrogens with zero attached hydrogens (tertiary/aromatic N) is 2. The standard InChI is InChI=1S/C13H17N3O/c1-3-4-5-12-15-13(17-16-12)10-7-6-9(2)11(14)8-10/h6-8H,3-5,14H2,1-2H3. The Hall–Kier alpha value is -1.84. The average Bonchev–Trinajstić information content (AvgIpc) is 2.79. The van der Waals surface area contributed by atoms with E-state index in [1.54, 1.807) is 0 Å². The summed E-state index contributed by atoms with van der Waals surface area (Å²) in [6.07, 6.45) is 3.07. The zero-order valence-corrected chi connectivity index (χ0v) is 10.2. The molecular formula is C13H17N3O. The summed E-state index contributed by atoms with van der Waals surface area (Å²) in [6.45, 7) is 4.11. The number of hydrogen-bond donors (Lipinski definition) is 1. The van der Waals surface area contributed by atoms with Crippen LogP contribution in [-0.2, 0) is 6.42 Å². The molecule has 2 N–H and O–H groups in total. The maximum atomic E-state index is 5.86. The molecule has 0 aliphatic rings. The van der Waals surface area contributed by atoms with Crippen LogP contribution in [0.25, 0.3) is 11.5 Å². The smallest absolute Gasteiger partial charge is 0.257 e. The van der Waals surface area contributed by atoms with Crippen LogP contribution in [0.3, 0.4) is 0 Å². The summed E-state index contributed by atoms with van der Waals surface area (Å²) in [5.41, 5.74) is 8.53. The summed E-state index contributed by atoms with van der Waals surface area (Å²) >= 11 is 0. The van der Waals surface area contributed by atoms with Crippen molar-refractivity contribution in [1.29, 1.82) is 0 Å². The highest BCUT2D eigenvalue weighted by atomic mass is 16.5. The molecule has 1 heterocycles. The lowest BCUT2D eigenvalue weighted by atomic mass is 10.1. The lowest BCUT2D eigenvalue weighted by Gasteiger charge is -2.00. The molecule has 1 aromatic heterocycles. The molecule has 0 aliphatic carbocycles. The molecule has 17 heavy (non-hydrogen) atoms. The van der Waals surface area contributed by atoms with Gasteiger partial charge in [-0.05, 0) is 31.0 Å². The van der Waals surface area contributed by atoms with Gasteiger partial charge in [0.2, 0.25) is 0 Å². The van der Waals surface area contributed by atoms with Gasteiger partial charge in [-0.2, -0.15) is 4.98 Å². The van der Waals surface area contributed by atoms with Gasteiger partial charge in [0.15, 0.2) is 5.82 Å². The van der Waals surface area contributed by atoms with Crippen molar-refractivity contribution in [3.05, 3.63) is 29.6 Å². The summed E-state index contributed by atoms with van der Waals surface area (Å²) in [4.78, 5) is 4.36. The van der Waals surface area contributed by atoms with E-state index in [-0.39, 0.29) is 0 Å². The van der Waals surface area contributed by atoms with Gasteiger partial charge in [-0.15, -0.1) is 0 Å². The second-order valence-electron chi connectivity index (χ2n) is 4.19. The van der Waals surface area contributed by atoms with Crippen molar-refractivity contribution < 1.29 is 4.52 Å². The molecule has 1 aromatic carbocycles. The minimum Gasteiger partial charge on any atom is -0.398 e. The van der Waals surface area contributed by atoms with Crippen LogP contribution in [0.1, 0.15) is 31.2 Å². The lowest BCUT2D eigenvalue weighted by molar-refractivity contribution is 0.421. The second kappa shape index (κ2) is 4.99. The van der Waals surface area contributed by atoms with Gasteiger partial charge in [0, 0.05) is 17.7 Å². The Balaban J connectivity index is 2.21. The maximum absolute atomic E-state index is 5.86. The van der Waals surface area contributed by atoms with E-state index in [4.69, 9.17) is 10.3 Å². The monoisotopic (exact) mass is 231 g/mol. The summed E-state index contributed by atoms with van der Waals surface area (Å²) in [7, 11) is 0. The molecule has 2 rings (SSSR count). The van der Waals surface area contributed by atoms with Gasteiger partial charge in [-0.1, -0.05) is 24.6 Å². The van der Waals surface area contributed by atoms with Gasteiger partial charge in [-0.25, -0.2) is 0 Å². The fourth-order valence-corrected chi connectivity index (χ4v) is 1.58. The third-order valence-electron chi connectivity index (χ3n) is 2.75. The van der Waals surface area contributed by atoms with Crippen LogP contribution in [-0.4, -0.2) is 10.1 Å². The van der Waals surface area contributed by atoms with E-state index in [1.165, 1.54) is 0 Å². The van der Waals surface area contributed by atoms with E-state index in [0.717, 1.165) is 41.9 Å². The number of aromatic nitrogens is 2. The fourth-order valence-electron chi connectivity index (χ4n) is 1.58. The van der Waals surface area contributed by atoms with E-state index in [9.17, 15) is 0 Å². The van der Waals surface area contributed by atoms with Gasteiger partial charge in [0.05, 0.1) is 0 Å². The Kier molecular flexibility index (Phi) is 3.42. The molecule has 0 fully saturated rings. The van der Waals surface area contributed by atoms with E-state index in [0.29, 0.717) is 5.89 Å². The summed E-state index contributed by atoms with van der Waals surface area (Å²) < 4.78 is 5.23. The van der Waals surface area contributed by atoms with Gasteiger partial charge in [0.25, 0.3) is 5.89 Å². The van der Waals surface area contributed by atoms with Crippen LogP contribution in [0.15, 0.2) is 22.7 Å². The Labute approximate surface area is 101 Å². The minimum atomic E-state index is 0.544. The molecule has 0 atom stereocenters. The number of hydrogen-bond acceptors (Lipinski definition) is 4. The van der Waals surface area contributed by atoms with E-state index < -0.39 is 0 Å². The zero-order valence-electron chi connectivity index (χ0n) is 10.2. The topological polar surface area (TPSA) is 64.9 Å². The van der Waals surface area contributed by atoms with Crippen LogP contribution in [0.4, 0.5) is 5.69 Å². The van der Waals surface area contributed by atoms with E-state index in [1.807, 2.05) is 25.1 Å². The molecule has 4 nitrogen and oxygen atoms in total. The zero-order chi connectivity index (χ0) is 12.3. The van der Waals surface area contributed by atoms with Crippen LogP contribution in [0.2, 0.25) is 0 Å². The average molecular weight is 231 g/mol. The van der Waals surface area contributed by atoms with Crippen molar-refractivity contribution in [3.8, 4) is 11.5 Å². The molecular weight excluding hydrogens is 214 g/mol.